The molecule has 2 aromatic carbocycles. The van der Waals surface area contributed by atoms with Gasteiger partial charge in [0.1, 0.15) is 5.25 Å². The van der Waals surface area contributed by atoms with Crippen molar-refractivity contribution in [3.63, 3.8) is 0 Å². The molecule has 6 heteroatoms. The van der Waals surface area contributed by atoms with E-state index >= 15 is 0 Å². The summed E-state index contributed by atoms with van der Waals surface area (Å²) in [6.07, 6.45) is 0.492. The summed E-state index contributed by atoms with van der Waals surface area (Å²) in [5.41, 5.74) is 0.907. The van der Waals surface area contributed by atoms with Gasteiger partial charge in [-0.05, 0) is 24.1 Å². The maximum atomic E-state index is 12.8. The van der Waals surface area contributed by atoms with Gasteiger partial charge in [0.05, 0.1) is 11.5 Å². The molecule has 0 radical (unpaired) electrons. The van der Waals surface area contributed by atoms with E-state index in [4.69, 9.17) is 0 Å². The molecule has 1 aliphatic rings. The minimum Gasteiger partial charge on any atom is -0.351 e. The molecule has 3 rings (SSSR count). The normalized spacial score (nSPS) is 20.4. The average Bonchev–Trinajstić information content (AvgIpc) is 2.93. The predicted octanol–water partition coefficient (Wildman–Crippen LogP) is 2.82. The summed E-state index contributed by atoms with van der Waals surface area (Å²) in [7, 11) is -3.01. The van der Waals surface area contributed by atoms with Gasteiger partial charge in [-0.25, -0.2) is 8.42 Å². The number of sulfone groups is 1. The maximum Gasteiger partial charge on any atom is 0.238 e. The highest BCUT2D eigenvalue weighted by Gasteiger charge is 2.31. The molecule has 2 aromatic rings. The van der Waals surface area contributed by atoms with E-state index in [2.05, 4.69) is 5.32 Å². The molecule has 2 atom stereocenters. The Morgan fingerprint density at radius 1 is 1.04 bits per heavy atom. The second-order valence-corrected chi connectivity index (χ2v) is 9.24. The molecule has 24 heavy (non-hydrogen) atoms. The van der Waals surface area contributed by atoms with Crippen molar-refractivity contribution in [2.45, 2.75) is 22.6 Å². The lowest BCUT2D eigenvalue weighted by Crippen LogP contribution is -2.38. The van der Waals surface area contributed by atoms with Crippen molar-refractivity contribution in [2.75, 3.05) is 11.5 Å². The number of carbonyl (C=O) groups is 1. The molecule has 4 nitrogen and oxygen atoms in total. The van der Waals surface area contributed by atoms with Crippen molar-refractivity contribution in [2.24, 2.45) is 0 Å². The van der Waals surface area contributed by atoms with Crippen molar-refractivity contribution < 1.29 is 13.2 Å². The second-order valence-electron chi connectivity index (χ2n) is 5.83. The Morgan fingerprint density at radius 2 is 1.67 bits per heavy atom. The first-order valence-corrected chi connectivity index (χ1v) is 10.5. The molecule has 1 amide bonds. The molecular weight excluding hydrogens is 342 g/mol. The van der Waals surface area contributed by atoms with Crippen LogP contribution in [0.25, 0.3) is 0 Å². The van der Waals surface area contributed by atoms with Gasteiger partial charge in [-0.2, -0.15) is 0 Å². The van der Waals surface area contributed by atoms with Crippen LogP contribution in [0.1, 0.15) is 17.2 Å². The molecule has 1 fully saturated rings. The summed E-state index contributed by atoms with van der Waals surface area (Å²) in [5, 5.41) is 2.51. The number of carbonyl (C=O) groups excluding carboxylic acids is 1. The Bertz CT molecular complexity index is 792. The SMILES string of the molecule is O=C(N[C@@H]1CCS(=O)(=O)C1)[C@H](Sc1ccccc1)c1ccccc1. The molecule has 0 aromatic heterocycles. The van der Waals surface area contributed by atoms with Crippen molar-refractivity contribution in [3.8, 4) is 0 Å². The Kier molecular flexibility index (Phi) is 5.26. The van der Waals surface area contributed by atoms with Gasteiger partial charge in [0.25, 0.3) is 0 Å². The number of benzene rings is 2. The lowest BCUT2D eigenvalue weighted by atomic mass is 10.1. The van der Waals surface area contributed by atoms with Crippen LogP contribution in [0.4, 0.5) is 0 Å². The van der Waals surface area contributed by atoms with Gasteiger partial charge in [-0.3, -0.25) is 4.79 Å². The van der Waals surface area contributed by atoms with Gasteiger partial charge in [0.2, 0.25) is 5.91 Å². The highest BCUT2D eigenvalue weighted by molar-refractivity contribution is 8.00. The fourth-order valence-electron chi connectivity index (χ4n) is 2.72. The third kappa shape index (κ3) is 4.39. The zero-order valence-corrected chi connectivity index (χ0v) is 14.7. The van der Waals surface area contributed by atoms with E-state index in [0.717, 1.165) is 10.5 Å². The van der Waals surface area contributed by atoms with Crippen LogP contribution in [0, 0.1) is 0 Å². The van der Waals surface area contributed by atoms with Crippen molar-refractivity contribution in [1.29, 1.82) is 0 Å². The van der Waals surface area contributed by atoms with Gasteiger partial charge in [0, 0.05) is 10.9 Å². The fraction of sp³-hybridized carbons (Fsp3) is 0.278. The number of hydrogen-bond acceptors (Lipinski definition) is 4. The third-order valence-electron chi connectivity index (χ3n) is 3.92. The number of hydrogen-bond donors (Lipinski definition) is 1. The van der Waals surface area contributed by atoms with E-state index in [9.17, 15) is 13.2 Å². The first kappa shape index (κ1) is 17.0. The van der Waals surface area contributed by atoms with Gasteiger partial charge >= 0.3 is 0 Å². The molecule has 126 valence electrons. The molecular formula is C18H19NO3S2. The predicted molar refractivity (Wildman–Crippen MR) is 96.7 cm³/mol. The first-order chi connectivity index (χ1) is 11.5. The van der Waals surface area contributed by atoms with Gasteiger partial charge in [-0.1, -0.05) is 48.5 Å². The average molecular weight is 361 g/mol. The maximum absolute atomic E-state index is 12.8. The van der Waals surface area contributed by atoms with Crippen LogP contribution in [0.15, 0.2) is 65.6 Å². The monoisotopic (exact) mass is 361 g/mol. The molecule has 0 unspecified atom stereocenters. The Morgan fingerprint density at radius 3 is 2.25 bits per heavy atom. The number of nitrogens with one attached hydrogen (secondary N) is 1. The summed E-state index contributed by atoms with van der Waals surface area (Å²) in [5.74, 6) is 0.0490. The molecule has 1 heterocycles. The summed E-state index contributed by atoms with van der Waals surface area (Å²) < 4.78 is 23.2. The number of thioether (sulfide) groups is 1. The van der Waals surface area contributed by atoms with Crippen LogP contribution in [0.5, 0.6) is 0 Å². The van der Waals surface area contributed by atoms with E-state index in [0.29, 0.717) is 6.42 Å². The quantitative estimate of drug-likeness (QED) is 0.832. The van der Waals surface area contributed by atoms with Crippen molar-refractivity contribution in [1.82, 2.24) is 5.32 Å². The van der Waals surface area contributed by atoms with Crippen LogP contribution >= 0.6 is 11.8 Å². The van der Waals surface area contributed by atoms with Crippen molar-refractivity contribution >= 4 is 27.5 Å². The first-order valence-electron chi connectivity index (χ1n) is 7.81. The van der Waals surface area contributed by atoms with E-state index in [1.807, 2.05) is 60.7 Å². The number of amides is 1. The van der Waals surface area contributed by atoms with E-state index in [1.165, 1.54) is 11.8 Å². The van der Waals surface area contributed by atoms with Crippen LogP contribution < -0.4 is 5.32 Å². The summed E-state index contributed by atoms with van der Waals surface area (Å²) in [4.78, 5) is 13.8. The number of rotatable bonds is 5. The minimum absolute atomic E-state index is 0.0379. The van der Waals surface area contributed by atoms with Gasteiger partial charge in [0.15, 0.2) is 9.84 Å². The Labute approximate surface area is 146 Å². The van der Waals surface area contributed by atoms with Crippen LogP contribution in [-0.4, -0.2) is 31.9 Å². The summed E-state index contributed by atoms with van der Waals surface area (Å²) in [6, 6.07) is 19.0. The molecule has 0 aliphatic carbocycles. The van der Waals surface area contributed by atoms with E-state index < -0.39 is 15.1 Å². The molecule has 1 saturated heterocycles. The molecule has 0 spiro atoms. The lowest BCUT2D eigenvalue weighted by molar-refractivity contribution is -0.121. The largest absolute Gasteiger partial charge is 0.351 e. The second kappa shape index (κ2) is 7.40. The summed E-state index contributed by atoms with van der Waals surface area (Å²) >= 11 is 1.47. The van der Waals surface area contributed by atoms with Gasteiger partial charge < -0.3 is 5.32 Å². The Balaban J connectivity index is 1.78. The molecule has 0 saturated carbocycles. The lowest BCUT2D eigenvalue weighted by Gasteiger charge is -2.19. The van der Waals surface area contributed by atoms with Crippen molar-refractivity contribution in [3.05, 3.63) is 66.2 Å². The molecule has 0 bridgehead atoms. The summed E-state index contributed by atoms with van der Waals surface area (Å²) in [6.45, 7) is 0. The van der Waals surface area contributed by atoms with E-state index in [-0.39, 0.29) is 23.5 Å². The standard InChI is InChI=1S/C18H19NO3S2/c20-18(19-15-11-12-24(21,22)13-15)17(14-7-3-1-4-8-14)23-16-9-5-2-6-10-16/h1-10,15,17H,11-13H2,(H,19,20)/t15-,17-/m1/s1. The minimum atomic E-state index is -3.01. The molecule has 1 aliphatic heterocycles. The van der Waals surface area contributed by atoms with Gasteiger partial charge in [-0.15, -0.1) is 11.8 Å². The zero-order valence-electron chi connectivity index (χ0n) is 13.1. The Hall–Kier alpha value is -1.79. The van der Waals surface area contributed by atoms with Crippen LogP contribution in [0.2, 0.25) is 0 Å². The highest BCUT2D eigenvalue weighted by Crippen LogP contribution is 2.35. The smallest absolute Gasteiger partial charge is 0.238 e. The topological polar surface area (TPSA) is 63.2 Å². The van der Waals surface area contributed by atoms with Crippen LogP contribution in [-0.2, 0) is 14.6 Å². The zero-order chi connectivity index (χ0) is 17.0. The van der Waals surface area contributed by atoms with Crippen LogP contribution in [0.3, 0.4) is 0 Å². The van der Waals surface area contributed by atoms with E-state index in [1.54, 1.807) is 0 Å². The third-order valence-corrected chi connectivity index (χ3v) is 6.95. The fourth-order valence-corrected chi connectivity index (χ4v) is 5.45. The highest BCUT2D eigenvalue weighted by atomic mass is 32.2. The molecule has 1 N–H and O–H groups in total.